The molecule has 0 radical (unpaired) electrons. The number of carbonyl (C=O) groups excluding carboxylic acids is 2. The fourth-order valence-corrected chi connectivity index (χ4v) is 6.42. The third-order valence-corrected chi connectivity index (χ3v) is 9.39. The second-order valence-electron chi connectivity index (χ2n) is 10.9. The molecule has 4 aromatic rings. The van der Waals surface area contributed by atoms with Crippen molar-refractivity contribution < 1.29 is 27.1 Å². The minimum Gasteiger partial charge on any atom is -0.492 e. The van der Waals surface area contributed by atoms with E-state index < -0.39 is 40.2 Å². The van der Waals surface area contributed by atoms with E-state index in [0.29, 0.717) is 6.42 Å². The number of halogens is 1. The van der Waals surface area contributed by atoms with Crippen molar-refractivity contribution in [2.24, 2.45) is 0 Å². The Morgan fingerprint density at radius 3 is 2.11 bits per heavy atom. The van der Waals surface area contributed by atoms with Gasteiger partial charge in [0.1, 0.15) is 24.2 Å². The first-order valence-corrected chi connectivity index (χ1v) is 16.8. The number of amides is 2. The van der Waals surface area contributed by atoms with Crippen molar-refractivity contribution in [3.63, 3.8) is 0 Å². The summed E-state index contributed by atoms with van der Waals surface area (Å²) in [6.07, 6.45) is 0.784. The van der Waals surface area contributed by atoms with Gasteiger partial charge in [0.05, 0.1) is 17.2 Å². The molecule has 0 unspecified atom stereocenters. The van der Waals surface area contributed by atoms with E-state index >= 15 is 4.39 Å². The molecule has 0 saturated heterocycles. The lowest BCUT2D eigenvalue weighted by atomic mass is 10.0. The fourth-order valence-electron chi connectivity index (χ4n) is 4.98. The number of carbonyl (C=O) groups is 2. The molecule has 0 aliphatic rings. The minimum absolute atomic E-state index is 0.0231. The number of rotatable bonds is 15. The lowest BCUT2D eigenvalue weighted by Gasteiger charge is -2.34. The van der Waals surface area contributed by atoms with Crippen molar-refractivity contribution in [1.29, 1.82) is 0 Å². The highest BCUT2D eigenvalue weighted by Crippen LogP contribution is 2.33. The number of benzene rings is 4. The van der Waals surface area contributed by atoms with Gasteiger partial charge >= 0.3 is 0 Å². The highest BCUT2D eigenvalue weighted by atomic mass is 32.2. The molecule has 242 valence electrons. The summed E-state index contributed by atoms with van der Waals surface area (Å²) in [6.45, 7) is 4.90. The molecule has 1 N–H and O–H groups in total. The van der Waals surface area contributed by atoms with Crippen molar-refractivity contribution >= 4 is 27.5 Å². The summed E-state index contributed by atoms with van der Waals surface area (Å²) in [5, 5.41) is 2.97. The van der Waals surface area contributed by atoms with Crippen molar-refractivity contribution in [2.45, 2.75) is 57.1 Å². The zero-order chi connectivity index (χ0) is 33.1. The van der Waals surface area contributed by atoms with Gasteiger partial charge in [0.25, 0.3) is 10.0 Å². The third kappa shape index (κ3) is 8.51. The Bertz CT molecular complexity index is 1700. The molecule has 8 nitrogen and oxygen atoms in total. The molecule has 2 atom stereocenters. The van der Waals surface area contributed by atoms with Gasteiger partial charge in [-0.1, -0.05) is 85.8 Å². The first-order valence-electron chi connectivity index (χ1n) is 15.3. The van der Waals surface area contributed by atoms with E-state index in [1.165, 1.54) is 23.1 Å². The number of ether oxygens (including phenoxy) is 1. The van der Waals surface area contributed by atoms with Crippen LogP contribution in [0.2, 0.25) is 0 Å². The molecule has 0 saturated carbocycles. The second kappa shape index (κ2) is 16.0. The van der Waals surface area contributed by atoms with E-state index in [9.17, 15) is 18.0 Å². The van der Waals surface area contributed by atoms with Gasteiger partial charge in [0.15, 0.2) is 0 Å². The maximum atomic E-state index is 15.1. The van der Waals surface area contributed by atoms with Crippen LogP contribution in [0.3, 0.4) is 0 Å². The summed E-state index contributed by atoms with van der Waals surface area (Å²) in [6, 6.07) is 28.3. The molecule has 0 heterocycles. The van der Waals surface area contributed by atoms with Gasteiger partial charge in [0.2, 0.25) is 11.8 Å². The van der Waals surface area contributed by atoms with E-state index in [4.69, 9.17) is 4.74 Å². The zero-order valence-corrected chi connectivity index (χ0v) is 27.1. The van der Waals surface area contributed by atoms with Crippen LogP contribution in [-0.2, 0) is 32.6 Å². The quantitative estimate of drug-likeness (QED) is 0.172. The van der Waals surface area contributed by atoms with Crippen LogP contribution in [-0.4, -0.2) is 50.4 Å². The van der Waals surface area contributed by atoms with Crippen LogP contribution in [0.1, 0.15) is 38.3 Å². The van der Waals surface area contributed by atoms with Gasteiger partial charge < -0.3 is 15.0 Å². The van der Waals surface area contributed by atoms with Crippen molar-refractivity contribution in [3.8, 4) is 5.75 Å². The molecular formula is C36H40FN3O5S. The van der Waals surface area contributed by atoms with E-state index in [1.807, 2.05) is 44.2 Å². The number of hydrogen-bond donors (Lipinski definition) is 1. The SMILES string of the molecule is CCOc1ccccc1N(CC(=O)N(Cc1ccccc1F)[C@H](Cc1ccccc1)C(=O)N[C@@H](C)CC)S(=O)(=O)c1ccccc1. The number of nitrogens with one attached hydrogen (secondary N) is 1. The number of sulfonamides is 1. The van der Waals surface area contributed by atoms with Crippen LogP contribution < -0.4 is 14.4 Å². The Labute approximate surface area is 270 Å². The number of hydrogen-bond acceptors (Lipinski definition) is 5. The summed E-state index contributed by atoms with van der Waals surface area (Å²) in [5.74, 6) is -1.38. The van der Waals surface area contributed by atoms with Crippen LogP contribution in [0.25, 0.3) is 0 Å². The zero-order valence-electron chi connectivity index (χ0n) is 26.3. The molecule has 46 heavy (non-hydrogen) atoms. The maximum Gasteiger partial charge on any atom is 0.264 e. The molecule has 10 heteroatoms. The second-order valence-corrected chi connectivity index (χ2v) is 12.7. The number of nitrogens with zero attached hydrogens (tertiary/aromatic N) is 2. The lowest BCUT2D eigenvalue weighted by Crippen LogP contribution is -2.54. The Kier molecular flexibility index (Phi) is 11.9. The molecule has 2 amide bonds. The normalized spacial score (nSPS) is 12.5. The van der Waals surface area contributed by atoms with Gasteiger partial charge in [-0.25, -0.2) is 12.8 Å². The van der Waals surface area contributed by atoms with Crippen LogP contribution in [0.15, 0.2) is 114 Å². The fraction of sp³-hybridized carbons (Fsp3) is 0.278. The van der Waals surface area contributed by atoms with E-state index in [-0.39, 0.29) is 47.5 Å². The molecular weight excluding hydrogens is 605 g/mol. The highest BCUT2D eigenvalue weighted by molar-refractivity contribution is 7.92. The predicted molar refractivity (Wildman–Crippen MR) is 177 cm³/mol. The number of para-hydroxylation sites is 2. The summed E-state index contributed by atoms with van der Waals surface area (Å²) < 4.78 is 50.3. The summed E-state index contributed by atoms with van der Waals surface area (Å²) >= 11 is 0. The molecule has 0 aliphatic carbocycles. The van der Waals surface area contributed by atoms with Gasteiger partial charge in [-0.2, -0.15) is 0 Å². The Balaban J connectivity index is 1.84. The van der Waals surface area contributed by atoms with E-state index in [1.54, 1.807) is 67.6 Å². The highest BCUT2D eigenvalue weighted by Gasteiger charge is 2.36. The summed E-state index contributed by atoms with van der Waals surface area (Å²) in [4.78, 5) is 29.7. The summed E-state index contributed by atoms with van der Waals surface area (Å²) in [5.41, 5.74) is 1.14. The Morgan fingerprint density at radius 2 is 1.46 bits per heavy atom. The molecule has 0 aromatic heterocycles. The average molecular weight is 646 g/mol. The van der Waals surface area contributed by atoms with Gasteiger partial charge in [-0.15, -0.1) is 0 Å². The minimum atomic E-state index is -4.30. The van der Waals surface area contributed by atoms with Crippen molar-refractivity contribution in [2.75, 3.05) is 17.5 Å². The van der Waals surface area contributed by atoms with Crippen molar-refractivity contribution in [3.05, 3.63) is 126 Å². The Morgan fingerprint density at radius 1 is 0.848 bits per heavy atom. The molecule has 4 rings (SSSR count). The topological polar surface area (TPSA) is 96.0 Å². The number of anilines is 1. The Hall–Kier alpha value is -4.70. The first kappa shape index (κ1) is 34.2. The van der Waals surface area contributed by atoms with E-state index in [0.717, 1.165) is 9.87 Å². The smallest absolute Gasteiger partial charge is 0.264 e. The van der Waals surface area contributed by atoms with Gasteiger partial charge in [-0.05, 0) is 56.2 Å². The summed E-state index contributed by atoms with van der Waals surface area (Å²) in [7, 11) is -4.30. The van der Waals surface area contributed by atoms with Crippen LogP contribution >= 0.6 is 0 Å². The van der Waals surface area contributed by atoms with Crippen LogP contribution in [0.4, 0.5) is 10.1 Å². The van der Waals surface area contributed by atoms with Gasteiger partial charge in [-0.3, -0.25) is 13.9 Å². The van der Waals surface area contributed by atoms with Crippen molar-refractivity contribution in [1.82, 2.24) is 10.2 Å². The molecule has 0 bridgehead atoms. The monoisotopic (exact) mass is 645 g/mol. The van der Waals surface area contributed by atoms with Crippen LogP contribution in [0, 0.1) is 5.82 Å². The predicted octanol–water partition coefficient (Wildman–Crippen LogP) is 5.97. The molecule has 0 aliphatic heterocycles. The van der Waals surface area contributed by atoms with Gasteiger partial charge in [0, 0.05) is 24.6 Å². The maximum absolute atomic E-state index is 15.1. The van der Waals surface area contributed by atoms with Crippen LogP contribution in [0.5, 0.6) is 5.75 Å². The van der Waals surface area contributed by atoms with E-state index in [2.05, 4.69) is 5.32 Å². The molecule has 0 spiro atoms. The lowest BCUT2D eigenvalue weighted by molar-refractivity contribution is -0.140. The average Bonchev–Trinajstić information content (AvgIpc) is 3.07. The molecule has 4 aromatic carbocycles. The largest absolute Gasteiger partial charge is 0.492 e. The third-order valence-electron chi connectivity index (χ3n) is 7.61. The first-order chi connectivity index (χ1) is 22.1. The molecule has 0 fully saturated rings. The standard InChI is InChI=1S/C36H40FN3O5S/c1-4-27(3)38-36(42)33(24-28-16-8-6-9-17-28)39(25-29-18-12-13-21-31(29)37)35(41)26-40(32-22-14-15-23-34(32)45-5-2)46(43,44)30-19-10-7-11-20-30/h6-23,27,33H,4-5,24-26H2,1-3H3,(H,38,42)/t27-,33+/m0/s1.